The molecule has 0 bridgehead atoms. The summed E-state index contributed by atoms with van der Waals surface area (Å²) in [7, 11) is 0. The molecule has 1 nitrogen and oxygen atoms in total. The lowest BCUT2D eigenvalue weighted by Gasteiger charge is -2.39. The molecule has 0 saturated carbocycles. The van der Waals surface area contributed by atoms with Gasteiger partial charge in [0.05, 0.1) is 6.04 Å². The Kier molecular flexibility index (Phi) is 5.29. The van der Waals surface area contributed by atoms with E-state index in [1.54, 1.807) is 28.0 Å². The quantitative estimate of drug-likeness (QED) is 0.361. The van der Waals surface area contributed by atoms with Gasteiger partial charge in [0.25, 0.3) is 0 Å². The summed E-state index contributed by atoms with van der Waals surface area (Å²) in [6.07, 6.45) is 22.8. The summed E-state index contributed by atoms with van der Waals surface area (Å²) in [5, 5.41) is 0. The zero-order chi connectivity index (χ0) is 19.9. The van der Waals surface area contributed by atoms with E-state index in [1.165, 1.54) is 38.5 Å². The van der Waals surface area contributed by atoms with Crippen molar-refractivity contribution in [3.8, 4) is 0 Å². The van der Waals surface area contributed by atoms with Crippen LogP contribution in [0.1, 0.15) is 72.6 Å². The maximum absolute atomic E-state index is 3.92. The monoisotopic (exact) mass is 375 g/mol. The standard InChI is InChI=1S/C27H37N/c1-6-8-9-13-21-17-20-12-10-11-14-26(20)28(21)22-15-16-23-19(3)24(7-2)27(4,5)25(23)18-22/h6-7,11,14-16,19,21-22H,1,8-10,12-13,17-18H2,2-5H3/b24-7+/t19?,21-,22?/m0/s1. The molecule has 1 heterocycles. The second-order valence-corrected chi connectivity index (χ2v) is 9.57. The van der Waals surface area contributed by atoms with Crippen LogP contribution in [0.2, 0.25) is 0 Å². The fourth-order valence-corrected chi connectivity index (χ4v) is 6.36. The van der Waals surface area contributed by atoms with E-state index in [0.717, 1.165) is 6.42 Å². The van der Waals surface area contributed by atoms with Gasteiger partial charge in [0.2, 0.25) is 0 Å². The van der Waals surface area contributed by atoms with E-state index >= 15 is 0 Å². The number of nitrogens with zero attached hydrogens (tertiary/aromatic N) is 1. The highest BCUT2D eigenvalue weighted by Gasteiger charge is 2.44. The lowest BCUT2D eigenvalue weighted by molar-refractivity contribution is 0.220. The van der Waals surface area contributed by atoms with Gasteiger partial charge in [-0.1, -0.05) is 62.3 Å². The molecule has 0 radical (unpaired) electrons. The highest BCUT2D eigenvalue weighted by molar-refractivity contribution is 5.52. The normalized spacial score (nSPS) is 32.4. The van der Waals surface area contributed by atoms with E-state index in [2.05, 4.69) is 75.6 Å². The van der Waals surface area contributed by atoms with Crippen molar-refractivity contribution in [3.05, 3.63) is 71.0 Å². The molecule has 1 heteroatoms. The van der Waals surface area contributed by atoms with E-state index in [9.17, 15) is 0 Å². The molecule has 0 aromatic rings. The van der Waals surface area contributed by atoms with Gasteiger partial charge in [-0.05, 0) is 69.1 Å². The Morgan fingerprint density at radius 3 is 2.82 bits per heavy atom. The number of hydrogen-bond acceptors (Lipinski definition) is 1. The van der Waals surface area contributed by atoms with E-state index in [1.807, 2.05) is 0 Å². The lowest BCUT2D eigenvalue weighted by Crippen LogP contribution is -2.39. The van der Waals surface area contributed by atoms with Gasteiger partial charge in [-0.2, -0.15) is 0 Å². The van der Waals surface area contributed by atoms with Crippen molar-refractivity contribution in [2.45, 2.75) is 84.7 Å². The van der Waals surface area contributed by atoms with Crippen LogP contribution < -0.4 is 0 Å². The fraction of sp³-hybridized carbons (Fsp3) is 0.556. The molecule has 3 atom stereocenters. The van der Waals surface area contributed by atoms with Gasteiger partial charge < -0.3 is 4.90 Å². The summed E-state index contributed by atoms with van der Waals surface area (Å²) in [5.41, 5.74) is 8.31. The van der Waals surface area contributed by atoms with Gasteiger partial charge in [0, 0.05) is 23.1 Å². The summed E-state index contributed by atoms with van der Waals surface area (Å²) in [4.78, 5) is 2.79. The lowest BCUT2D eigenvalue weighted by atomic mass is 9.77. The van der Waals surface area contributed by atoms with Crippen LogP contribution in [-0.2, 0) is 0 Å². The first-order valence-corrected chi connectivity index (χ1v) is 11.3. The van der Waals surface area contributed by atoms with Crippen molar-refractivity contribution >= 4 is 0 Å². The van der Waals surface area contributed by atoms with Crippen molar-refractivity contribution in [1.82, 2.24) is 4.90 Å². The second kappa shape index (κ2) is 7.58. The largest absolute Gasteiger partial charge is 0.361 e. The summed E-state index contributed by atoms with van der Waals surface area (Å²) in [5.74, 6) is 0.568. The number of allylic oxidation sites excluding steroid dienone is 7. The first-order valence-electron chi connectivity index (χ1n) is 11.3. The maximum atomic E-state index is 3.92. The summed E-state index contributed by atoms with van der Waals surface area (Å²) in [6, 6.07) is 1.16. The minimum Gasteiger partial charge on any atom is -0.361 e. The van der Waals surface area contributed by atoms with Gasteiger partial charge in [-0.15, -0.1) is 6.58 Å². The van der Waals surface area contributed by atoms with Gasteiger partial charge in [-0.3, -0.25) is 0 Å². The Labute approximate surface area is 172 Å². The molecule has 3 aliphatic carbocycles. The molecular weight excluding hydrogens is 338 g/mol. The Morgan fingerprint density at radius 2 is 2.07 bits per heavy atom. The zero-order valence-corrected chi connectivity index (χ0v) is 18.3. The summed E-state index contributed by atoms with van der Waals surface area (Å²) < 4.78 is 0. The van der Waals surface area contributed by atoms with E-state index in [-0.39, 0.29) is 5.41 Å². The van der Waals surface area contributed by atoms with Crippen LogP contribution in [0.3, 0.4) is 0 Å². The molecule has 2 unspecified atom stereocenters. The molecule has 4 aliphatic rings. The molecule has 0 spiro atoms. The topological polar surface area (TPSA) is 3.24 Å². The molecule has 0 aromatic carbocycles. The predicted molar refractivity (Wildman–Crippen MR) is 121 cm³/mol. The van der Waals surface area contributed by atoms with Gasteiger partial charge >= 0.3 is 0 Å². The van der Waals surface area contributed by atoms with Gasteiger partial charge in [0.1, 0.15) is 0 Å². The molecule has 4 rings (SSSR count). The van der Waals surface area contributed by atoms with E-state index in [0.29, 0.717) is 18.0 Å². The minimum atomic E-state index is 0.199. The third-order valence-corrected chi connectivity index (χ3v) is 7.69. The van der Waals surface area contributed by atoms with Gasteiger partial charge in [0.15, 0.2) is 0 Å². The fourth-order valence-electron chi connectivity index (χ4n) is 6.36. The third-order valence-electron chi connectivity index (χ3n) is 7.69. The average Bonchev–Trinajstić information content (AvgIpc) is 3.14. The molecule has 1 aliphatic heterocycles. The molecule has 0 N–H and O–H groups in total. The molecule has 0 saturated heterocycles. The number of unbranched alkanes of at least 4 members (excludes halogenated alkanes) is 1. The number of rotatable bonds is 5. The first-order chi connectivity index (χ1) is 13.5. The Bertz CT molecular complexity index is 798. The molecular formula is C27H37N. The smallest absolute Gasteiger partial charge is 0.0517 e. The molecule has 0 amide bonds. The van der Waals surface area contributed by atoms with Crippen molar-refractivity contribution in [2.75, 3.05) is 0 Å². The summed E-state index contributed by atoms with van der Waals surface area (Å²) in [6.45, 7) is 13.4. The average molecular weight is 376 g/mol. The van der Waals surface area contributed by atoms with Crippen molar-refractivity contribution in [2.24, 2.45) is 11.3 Å². The van der Waals surface area contributed by atoms with Crippen molar-refractivity contribution < 1.29 is 0 Å². The zero-order valence-electron chi connectivity index (χ0n) is 18.3. The highest BCUT2D eigenvalue weighted by atomic mass is 15.2. The SMILES string of the molecule is C=CCCC[C@H]1CC2=C(C=CCC2)N1C1C=CC2=C(C1)C(C)(C)/C(=C/C)C2C. The van der Waals surface area contributed by atoms with Crippen LogP contribution in [-0.4, -0.2) is 17.0 Å². The van der Waals surface area contributed by atoms with Crippen LogP contribution >= 0.6 is 0 Å². The Morgan fingerprint density at radius 1 is 1.25 bits per heavy atom. The molecule has 150 valence electrons. The van der Waals surface area contributed by atoms with Crippen LogP contribution in [0.4, 0.5) is 0 Å². The van der Waals surface area contributed by atoms with Crippen LogP contribution in [0.15, 0.2) is 71.0 Å². The van der Waals surface area contributed by atoms with E-state index < -0.39 is 0 Å². The molecule has 0 aromatic heterocycles. The minimum absolute atomic E-state index is 0.199. The summed E-state index contributed by atoms with van der Waals surface area (Å²) >= 11 is 0. The first kappa shape index (κ1) is 19.6. The Balaban J connectivity index is 1.62. The Hall–Kier alpha value is -1.76. The molecule has 28 heavy (non-hydrogen) atoms. The van der Waals surface area contributed by atoms with E-state index in [4.69, 9.17) is 0 Å². The maximum Gasteiger partial charge on any atom is 0.0517 e. The highest BCUT2D eigenvalue weighted by Crippen LogP contribution is 2.54. The van der Waals surface area contributed by atoms with Gasteiger partial charge in [-0.25, -0.2) is 0 Å². The molecule has 0 fully saturated rings. The number of hydrogen-bond donors (Lipinski definition) is 0. The second-order valence-electron chi connectivity index (χ2n) is 9.57. The van der Waals surface area contributed by atoms with Crippen molar-refractivity contribution in [1.29, 1.82) is 0 Å². The third kappa shape index (κ3) is 3.08. The van der Waals surface area contributed by atoms with Crippen LogP contribution in [0.5, 0.6) is 0 Å². The van der Waals surface area contributed by atoms with Crippen LogP contribution in [0, 0.1) is 11.3 Å². The van der Waals surface area contributed by atoms with Crippen LogP contribution in [0.25, 0.3) is 0 Å². The van der Waals surface area contributed by atoms with Crippen molar-refractivity contribution in [3.63, 3.8) is 0 Å². The predicted octanol–water partition coefficient (Wildman–Crippen LogP) is 7.27.